The first-order valence-corrected chi connectivity index (χ1v) is 5.61. The Kier molecular flexibility index (Phi) is 7.79. The number of hydrogen-bond acceptors (Lipinski definition) is 4. The fourth-order valence-corrected chi connectivity index (χ4v) is 1.44. The summed E-state index contributed by atoms with van der Waals surface area (Å²) >= 11 is 0. The van der Waals surface area contributed by atoms with Gasteiger partial charge in [-0.15, -0.1) is 12.4 Å². The molecule has 0 aromatic heterocycles. The number of hydrogen-bond donors (Lipinski definition) is 1. The highest BCUT2D eigenvalue weighted by atomic mass is 35.5. The van der Waals surface area contributed by atoms with Gasteiger partial charge in [0.2, 0.25) is 0 Å². The SMILES string of the molecule is CCOC(=O)C(OCc1cccc(C)c1)C(=O)O.Cl. The smallest absolute Gasteiger partial charge is 0.347 e. The molecule has 0 radical (unpaired) electrons. The average Bonchev–Trinajstić information content (AvgIpc) is 2.29. The molecule has 1 atom stereocenters. The molecule has 6 heteroatoms. The van der Waals surface area contributed by atoms with Gasteiger partial charge >= 0.3 is 11.9 Å². The van der Waals surface area contributed by atoms with Crippen molar-refractivity contribution in [1.29, 1.82) is 0 Å². The molecular weight excluding hydrogens is 272 g/mol. The summed E-state index contributed by atoms with van der Waals surface area (Å²) < 4.78 is 9.72. The van der Waals surface area contributed by atoms with Gasteiger partial charge in [0.1, 0.15) is 0 Å². The fraction of sp³-hybridized carbons (Fsp3) is 0.385. The minimum Gasteiger partial charge on any atom is -0.479 e. The molecule has 0 heterocycles. The van der Waals surface area contributed by atoms with Crippen LogP contribution in [0.2, 0.25) is 0 Å². The molecule has 0 bridgehead atoms. The van der Waals surface area contributed by atoms with Crippen molar-refractivity contribution in [3.05, 3.63) is 35.4 Å². The lowest BCUT2D eigenvalue weighted by atomic mass is 10.1. The van der Waals surface area contributed by atoms with Crippen LogP contribution in [0.25, 0.3) is 0 Å². The lowest BCUT2D eigenvalue weighted by Gasteiger charge is -2.12. The van der Waals surface area contributed by atoms with Crippen LogP contribution in [0, 0.1) is 6.92 Å². The topological polar surface area (TPSA) is 72.8 Å². The summed E-state index contributed by atoms with van der Waals surface area (Å²) in [6, 6.07) is 7.43. The third-order valence-electron chi connectivity index (χ3n) is 2.22. The highest BCUT2D eigenvalue weighted by Crippen LogP contribution is 2.08. The Hall–Kier alpha value is -1.59. The van der Waals surface area contributed by atoms with Crippen molar-refractivity contribution in [1.82, 2.24) is 0 Å². The van der Waals surface area contributed by atoms with Crippen molar-refractivity contribution in [3.8, 4) is 0 Å². The van der Waals surface area contributed by atoms with Gasteiger partial charge in [-0.3, -0.25) is 0 Å². The highest BCUT2D eigenvalue weighted by Gasteiger charge is 2.28. The Morgan fingerprint density at radius 3 is 2.58 bits per heavy atom. The number of esters is 1. The minimum absolute atomic E-state index is 0. The van der Waals surface area contributed by atoms with Crippen molar-refractivity contribution in [3.63, 3.8) is 0 Å². The third kappa shape index (κ3) is 5.72. The van der Waals surface area contributed by atoms with E-state index >= 15 is 0 Å². The summed E-state index contributed by atoms with van der Waals surface area (Å²) in [4.78, 5) is 22.2. The predicted octanol–water partition coefficient (Wildman–Crippen LogP) is 1.95. The van der Waals surface area contributed by atoms with Crippen LogP contribution in [0.5, 0.6) is 0 Å². The van der Waals surface area contributed by atoms with Gasteiger partial charge in [-0.1, -0.05) is 29.8 Å². The van der Waals surface area contributed by atoms with Crippen LogP contribution in [0.4, 0.5) is 0 Å². The first-order valence-electron chi connectivity index (χ1n) is 5.61. The van der Waals surface area contributed by atoms with Gasteiger partial charge in [0.15, 0.2) is 0 Å². The number of aryl methyl sites for hydroxylation is 1. The maximum Gasteiger partial charge on any atom is 0.347 e. The monoisotopic (exact) mass is 288 g/mol. The zero-order valence-corrected chi connectivity index (χ0v) is 11.6. The number of ether oxygens (including phenoxy) is 2. The van der Waals surface area contributed by atoms with Crippen LogP contribution in [-0.4, -0.2) is 29.8 Å². The molecular formula is C13H17ClO5. The molecule has 0 aliphatic carbocycles. The molecule has 106 valence electrons. The first-order chi connectivity index (χ1) is 8.54. The van der Waals surface area contributed by atoms with E-state index in [4.69, 9.17) is 9.84 Å². The van der Waals surface area contributed by atoms with Crippen molar-refractivity contribution >= 4 is 24.3 Å². The summed E-state index contributed by atoms with van der Waals surface area (Å²) in [7, 11) is 0. The van der Waals surface area contributed by atoms with E-state index in [1.54, 1.807) is 13.0 Å². The van der Waals surface area contributed by atoms with Gasteiger partial charge in [-0.2, -0.15) is 0 Å². The molecule has 0 saturated heterocycles. The van der Waals surface area contributed by atoms with Gasteiger partial charge in [-0.25, -0.2) is 9.59 Å². The molecule has 0 aliphatic rings. The predicted molar refractivity (Wildman–Crippen MR) is 71.3 cm³/mol. The lowest BCUT2D eigenvalue weighted by Crippen LogP contribution is -2.34. The van der Waals surface area contributed by atoms with Gasteiger partial charge in [0.25, 0.3) is 6.10 Å². The van der Waals surface area contributed by atoms with Crippen molar-refractivity contribution in [2.24, 2.45) is 0 Å². The molecule has 1 rings (SSSR count). The number of carboxylic acids is 1. The molecule has 0 aliphatic heterocycles. The minimum atomic E-state index is -1.58. The van der Waals surface area contributed by atoms with E-state index in [9.17, 15) is 9.59 Å². The van der Waals surface area contributed by atoms with E-state index in [0.29, 0.717) is 0 Å². The maximum absolute atomic E-state index is 11.3. The number of benzene rings is 1. The molecule has 1 aromatic carbocycles. The van der Waals surface area contributed by atoms with Gasteiger partial charge in [0.05, 0.1) is 13.2 Å². The number of carbonyl (C=O) groups excluding carboxylic acids is 1. The van der Waals surface area contributed by atoms with Crippen LogP contribution >= 0.6 is 12.4 Å². The van der Waals surface area contributed by atoms with E-state index in [1.807, 2.05) is 25.1 Å². The summed E-state index contributed by atoms with van der Waals surface area (Å²) in [6.45, 7) is 3.70. The number of carbonyl (C=O) groups is 2. The molecule has 0 amide bonds. The summed E-state index contributed by atoms with van der Waals surface area (Å²) in [5.41, 5.74) is 1.85. The highest BCUT2D eigenvalue weighted by molar-refractivity contribution is 5.97. The molecule has 1 unspecified atom stereocenters. The largest absolute Gasteiger partial charge is 0.479 e. The Balaban J connectivity index is 0.00000324. The maximum atomic E-state index is 11.3. The molecule has 19 heavy (non-hydrogen) atoms. The lowest BCUT2D eigenvalue weighted by molar-refractivity contribution is -0.170. The zero-order valence-electron chi connectivity index (χ0n) is 10.8. The number of halogens is 1. The van der Waals surface area contributed by atoms with E-state index in [-0.39, 0.29) is 25.6 Å². The Morgan fingerprint density at radius 2 is 2.05 bits per heavy atom. The molecule has 5 nitrogen and oxygen atoms in total. The van der Waals surface area contributed by atoms with E-state index in [1.165, 1.54) is 0 Å². The van der Waals surface area contributed by atoms with Crippen molar-refractivity contribution in [2.45, 2.75) is 26.6 Å². The van der Waals surface area contributed by atoms with Gasteiger partial charge in [-0.05, 0) is 19.4 Å². The molecule has 1 N–H and O–H groups in total. The van der Waals surface area contributed by atoms with Crippen LogP contribution in [0.15, 0.2) is 24.3 Å². The molecule has 0 saturated carbocycles. The zero-order chi connectivity index (χ0) is 13.5. The number of carboxylic acid groups (broad SMARTS) is 1. The van der Waals surface area contributed by atoms with E-state index in [2.05, 4.69) is 4.74 Å². The second-order valence-corrected chi connectivity index (χ2v) is 3.77. The third-order valence-corrected chi connectivity index (χ3v) is 2.22. The molecule has 1 aromatic rings. The number of rotatable bonds is 6. The van der Waals surface area contributed by atoms with Crippen LogP contribution < -0.4 is 0 Å². The second-order valence-electron chi connectivity index (χ2n) is 3.77. The number of aliphatic carboxylic acids is 1. The van der Waals surface area contributed by atoms with Crippen LogP contribution in [0.3, 0.4) is 0 Å². The van der Waals surface area contributed by atoms with Crippen LogP contribution in [-0.2, 0) is 25.7 Å². The summed E-state index contributed by atoms with van der Waals surface area (Å²) in [5.74, 6) is -2.22. The first kappa shape index (κ1) is 17.4. The molecule has 0 spiro atoms. The summed E-state index contributed by atoms with van der Waals surface area (Å²) in [5, 5.41) is 8.88. The van der Waals surface area contributed by atoms with Crippen LogP contribution in [0.1, 0.15) is 18.1 Å². The van der Waals surface area contributed by atoms with E-state index < -0.39 is 18.0 Å². The standard InChI is InChI=1S/C13H16O5.ClH/c1-3-17-13(16)11(12(14)15)18-8-10-6-4-5-9(2)7-10;/h4-7,11H,3,8H2,1-2H3,(H,14,15);1H. The normalized spacial score (nSPS) is 11.3. The Morgan fingerprint density at radius 1 is 1.37 bits per heavy atom. The molecule has 0 fully saturated rings. The second kappa shape index (κ2) is 8.50. The Bertz CT molecular complexity index is 433. The Labute approximate surface area is 117 Å². The quantitative estimate of drug-likeness (QED) is 0.640. The van der Waals surface area contributed by atoms with Gasteiger partial charge < -0.3 is 14.6 Å². The fourth-order valence-electron chi connectivity index (χ4n) is 1.44. The van der Waals surface area contributed by atoms with Gasteiger partial charge in [0, 0.05) is 0 Å². The van der Waals surface area contributed by atoms with E-state index in [0.717, 1.165) is 11.1 Å². The average molecular weight is 289 g/mol. The summed E-state index contributed by atoms with van der Waals surface area (Å²) in [6.07, 6.45) is -1.58. The van der Waals surface area contributed by atoms with Crippen molar-refractivity contribution < 1.29 is 24.2 Å². The van der Waals surface area contributed by atoms with Crippen molar-refractivity contribution in [2.75, 3.05) is 6.61 Å².